The summed E-state index contributed by atoms with van der Waals surface area (Å²) in [4.78, 5) is 62.6. The number of aliphatic hydroxyl groups excluding tert-OH is 1. The van der Waals surface area contributed by atoms with Crippen LogP contribution in [0.5, 0.6) is 0 Å². The summed E-state index contributed by atoms with van der Waals surface area (Å²) in [6.07, 6.45) is 10.5. The number of carbonyl (C=O) groups is 1. The highest BCUT2D eigenvalue weighted by molar-refractivity contribution is 6.09. The van der Waals surface area contributed by atoms with Gasteiger partial charge in [-0.1, -0.05) is 36.3 Å². The number of ketones is 1. The zero-order valence-corrected chi connectivity index (χ0v) is 24.5. The van der Waals surface area contributed by atoms with Crippen LogP contribution < -0.4 is 16.8 Å². The largest absolute Gasteiger partial charge is 0.394 e. The Morgan fingerprint density at radius 2 is 1.77 bits per heavy atom. The van der Waals surface area contributed by atoms with Crippen LogP contribution in [0.2, 0.25) is 0 Å². The van der Waals surface area contributed by atoms with E-state index in [0.29, 0.717) is 35.3 Å². The minimum Gasteiger partial charge on any atom is -0.394 e. The van der Waals surface area contributed by atoms with Crippen molar-refractivity contribution < 1.29 is 14.6 Å². The third kappa shape index (κ3) is 6.35. The molecule has 4 aromatic rings. The van der Waals surface area contributed by atoms with Gasteiger partial charge in [0.2, 0.25) is 5.78 Å². The average molecular weight is 589 g/mol. The molecule has 0 amide bonds. The summed E-state index contributed by atoms with van der Waals surface area (Å²) in [6, 6.07) is 5.61. The highest BCUT2D eigenvalue weighted by Gasteiger charge is 2.28. The Morgan fingerprint density at radius 1 is 1.05 bits per heavy atom. The predicted molar refractivity (Wildman–Crippen MR) is 160 cm³/mol. The van der Waals surface area contributed by atoms with Gasteiger partial charge in [-0.3, -0.25) is 28.5 Å². The summed E-state index contributed by atoms with van der Waals surface area (Å²) >= 11 is 0. The van der Waals surface area contributed by atoms with Gasteiger partial charge in [-0.25, -0.2) is 14.8 Å². The van der Waals surface area contributed by atoms with Gasteiger partial charge in [0.15, 0.2) is 11.2 Å². The van der Waals surface area contributed by atoms with Crippen LogP contribution in [-0.4, -0.2) is 52.7 Å². The van der Waals surface area contributed by atoms with E-state index in [-0.39, 0.29) is 41.9 Å². The second-order valence-corrected chi connectivity index (χ2v) is 11.1. The van der Waals surface area contributed by atoms with Crippen LogP contribution in [0.1, 0.15) is 71.6 Å². The molecular weight excluding hydrogens is 552 g/mol. The second kappa shape index (κ2) is 12.8. The fourth-order valence-corrected chi connectivity index (χ4v) is 5.80. The molecule has 0 saturated carbocycles. The lowest BCUT2D eigenvalue weighted by atomic mass is 9.98. The van der Waals surface area contributed by atoms with Crippen molar-refractivity contribution in [1.82, 2.24) is 29.1 Å². The smallest absolute Gasteiger partial charge is 0.328 e. The van der Waals surface area contributed by atoms with E-state index in [4.69, 9.17) is 9.84 Å². The van der Waals surface area contributed by atoms with Crippen molar-refractivity contribution in [2.75, 3.05) is 6.61 Å². The zero-order valence-electron chi connectivity index (χ0n) is 24.5. The Bertz CT molecular complexity index is 1820. The van der Waals surface area contributed by atoms with E-state index in [1.165, 1.54) is 10.9 Å². The number of benzene rings is 1. The number of nitrogens with zero attached hydrogens (tertiary/aromatic N) is 4. The van der Waals surface area contributed by atoms with E-state index in [1.807, 2.05) is 39.0 Å². The van der Waals surface area contributed by atoms with Crippen LogP contribution in [-0.2, 0) is 17.7 Å². The maximum Gasteiger partial charge on any atom is 0.328 e. The molecule has 1 saturated heterocycles. The number of aromatic nitrogens is 6. The number of ether oxygens (including phenoxy) is 1. The molecule has 226 valence electrons. The molecule has 1 aliphatic carbocycles. The number of carbonyl (C=O) groups excluding carboxylic acids is 1. The standard InChI is InChI=1S/C21H24N2O3.C10H12N4O3/c1-4-17-18(19(24)16-10-13(2)9-14(3)11-16)23(21(26)22-20(17)25)12-15-7-5-6-8-15;15-3-6-1-2-7(17-6)14-5-13-8-9(14)11-4-12-10(8)16/h5-6,9-11,15H,4,7-8,12H2,1-3H3,(H,22,25,26);4-7,15H,1-3H2,(H,11,12,16)/t;6-,7+/m.0/s1. The first-order valence-electron chi connectivity index (χ1n) is 14.5. The van der Waals surface area contributed by atoms with Crippen molar-refractivity contribution in [2.24, 2.45) is 5.92 Å². The van der Waals surface area contributed by atoms with Crippen molar-refractivity contribution in [2.45, 2.75) is 71.8 Å². The normalized spacial score (nSPS) is 18.2. The molecule has 2 atom stereocenters. The molecule has 1 aromatic carbocycles. The molecule has 1 aliphatic heterocycles. The van der Waals surface area contributed by atoms with E-state index in [0.717, 1.165) is 36.8 Å². The lowest BCUT2D eigenvalue weighted by Crippen LogP contribution is -2.38. The summed E-state index contributed by atoms with van der Waals surface area (Å²) in [5.74, 6) is 0.0110. The van der Waals surface area contributed by atoms with Crippen LogP contribution in [0.15, 0.2) is 57.4 Å². The first-order chi connectivity index (χ1) is 20.7. The van der Waals surface area contributed by atoms with Crippen molar-refractivity contribution >= 4 is 16.9 Å². The molecule has 3 N–H and O–H groups in total. The van der Waals surface area contributed by atoms with Crippen molar-refractivity contribution in [3.05, 3.63) is 102 Å². The van der Waals surface area contributed by atoms with Gasteiger partial charge >= 0.3 is 5.69 Å². The molecule has 3 aromatic heterocycles. The maximum atomic E-state index is 13.3. The number of allylic oxidation sites excluding steroid dienone is 2. The zero-order chi connectivity index (χ0) is 30.7. The van der Waals surface area contributed by atoms with Crippen molar-refractivity contribution in [1.29, 1.82) is 0 Å². The highest BCUT2D eigenvalue weighted by Crippen LogP contribution is 2.29. The molecule has 12 nitrogen and oxygen atoms in total. The third-order valence-electron chi connectivity index (χ3n) is 7.86. The number of imidazole rings is 1. The first-order valence-corrected chi connectivity index (χ1v) is 14.5. The van der Waals surface area contributed by atoms with Gasteiger partial charge in [-0.15, -0.1) is 0 Å². The van der Waals surface area contributed by atoms with Crippen LogP contribution in [0, 0.1) is 19.8 Å². The lowest BCUT2D eigenvalue weighted by molar-refractivity contribution is -0.0207. The van der Waals surface area contributed by atoms with Gasteiger partial charge in [-0.05, 0) is 64.0 Å². The molecule has 43 heavy (non-hydrogen) atoms. The Morgan fingerprint density at radius 3 is 2.42 bits per heavy atom. The van der Waals surface area contributed by atoms with Gasteiger partial charge in [0, 0.05) is 17.7 Å². The van der Waals surface area contributed by atoms with Gasteiger partial charge in [0.25, 0.3) is 11.1 Å². The Hall–Kier alpha value is -4.42. The molecule has 0 radical (unpaired) electrons. The summed E-state index contributed by atoms with van der Waals surface area (Å²) in [7, 11) is 0. The van der Waals surface area contributed by atoms with Crippen LogP contribution in [0.4, 0.5) is 0 Å². The predicted octanol–water partition coefficient (Wildman–Crippen LogP) is 2.70. The minimum absolute atomic E-state index is 0.0111. The van der Waals surface area contributed by atoms with Crippen molar-refractivity contribution in [3.63, 3.8) is 0 Å². The highest BCUT2D eigenvalue weighted by atomic mass is 16.5. The molecule has 4 heterocycles. The summed E-state index contributed by atoms with van der Waals surface area (Å²) in [6.45, 7) is 6.13. The van der Waals surface area contributed by atoms with Gasteiger partial charge in [-0.2, -0.15) is 0 Å². The number of H-pyrrole nitrogens is 2. The molecule has 12 heteroatoms. The fourth-order valence-electron chi connectivity index (χ4n) is 5.80. The molecule has 0 spiro atoms. The second-order valence-electron chi connectivity index (χ2n) is 11.1. The maximum absolute atomic E-state index is 13.3. The molecular formula is C31H36N6O6. The topological polar surface area (TPSA) is 165 Å². The fraction of sp³-hybridized carbons (Fsp3) is 0.419. The number of hydrogen-bond acceptors (Lipinski definition) is 8. The summed E-state index contributed by atoms with van der Waals surface area (Å²) < 4.78 is 8.83. The average Bonchev–Trinajstić information content (AvgIpc) is 3.75. The Kier molecular flexibility index (Phi) is 8.97. The third-order valence-corrected chi connectivity index (χ3v) is 7.86. The van der Waals surface area contributed by atoms with E-state index < -0.39 is 11.2 Å². The molecule has 2 aliphatic rings. The number of rotatable bonds is 7. The first kappa shape index (κ1) is 30.1. The number of nitrogens with one attached hydrogen (secondary N) is 2. The molecule has 0 unspecified atom stereocenters. The molecule has 0 bridgehead atoms. The SMILES string of the molecule is CCc1c(C(=O)c2cc(C)cc(C)c2)n(CC2CC=CC2)c(=O)[nH]c1=O.O=c1[nH]cnc2c1ncn2[C@H]1CC[C@@H](CO)O1. The Balaban J connectivity index is 0.000000186. The van der Waals surface area contributed by atoms with E-state index in [9.17, 15) is 19.2 Å². The van der Waals surface area contributed by atoms with Crippen LogP contribution in [0.3, 0.4) is 0 Å². The number of fused-ring (bicyclic) bond motifs is 1. The summed E-state index contributed by atoms with van der Waals surface area (Å²) in [5, 5.41) is 9.02. The van der Waals surface area contributed by atoms with Crippen molar-refractivity contribution in [3.8, 4) is 0 Å². The minimum atomic E-state index is -0.508. The molecule has 6 rings (SSSR count). The molecule has 1 fully saturated rings. The monoisotopic (exact) mass is 588 g/mol. The van der Waals surface area contributed by atoms with Gasteiger partial charge in [0.05, 0.1) is 25.4 Å². The lowest BCUT2D eigenvalue weighted by Gasteiger charge is -2.18. The van der Waals surface area contributed by atoms with Gasteiger partial charge in [0.1, 0.15) is 11.9 Å². The number of aromatic amines is 2. The van der Waals surface area contributed by atoms with Crippen LogP contribution in [0.25, 0.3) is 11.2 Å². The van der Waals surface area contributed by atoms with E-state index in [1.54, 1.807) is 10.9 Å². The van der Waals surface area contributed by atoms with E-state index >= 15 is 0 Å². The van der Waals surface area contributed by atoms with Crippen LogP contribution >= 0.6 is 0 Å². The Labute approximate surface area is 247 Å². The van der Waals surface area contributed by atoms with E-state index in [2.05, 4.69) is 32.1 Å². The number of aliphatic hydroxyl groups is 1. The quantitative estimate of drug-likeness (QED) is 0.219. The number of hydrogen-bond donors (Lipinski definition) is 3. The summed E-state index contributed by atoms with van der Waals surface area (Å²) in [5.41, 5.74) is 2.66. The van der Waals surface area contributed by atoms with Gasteiger partial charge < -0.3 is 14.8 Å². The number of aryl methyl sites for hydroxylation is 2.